The van der Waals surface area contributed by atoms with Crippen molar-refractivity contribution in [2.24, 2.45) is 5.92 Å². The fourth-order valence-electron chi connectivity index (χ4n) is 2.59. The normalized spacial score (nSPS) is 23.3. The summed E-state index contributed by atoms with van der Waals surface area (Å²) < 4.78 is 7.21. The summed E-state index contributed by atoms with van der Waals surface area (Å²) in [6.45, 7) is 4.04. The number of oxazole rings is 1. The predicted octanol–water partition coefficient (Wildman–Crippen LogP) is 3.41. The molecule has 0 aromatic carbocycles. The van der Waals surface area contributed by atoms with E-state index in [1.54, 1.807) is 0 Å². The summed E-state index contributed by atoms with van der Waals surface area (Å²) in [5, 5.41) is 3.33. The molecule has 96 valence electrons. The van der Waals surface area contributed by atoms with Crippen LogP contribution in [0.2, 0.25) is 0 Å². The van der Waals surface area contributed by atoms with E-state index in [2.05, 4.69) is 45.3 Å². The second kappa shape index (κ2) is 5.02. The highest BCUT2D eigenvalue weighted by Crippen LogP contribution is 2.36. The maximum atomic E-state index is 5.95. The number of hydrogen-bond acceptors (Lipinski definition) is 3. The SMILES string of the molecule is CCC1CC(Br)=CC=C1c1nc2c(o1)CCNC2. The van der Waals surface area contributed by atoms with Crippen LogP contribution in [0.1, 0.15) is 37.1 Å². The smallest absolute Gasteiger partial charge is 0.222 e. The zero-order chi connectivity index (χ0) is 12.5. The molecule has 1 atom stereocenters. The summed E-state index contributed by atoms with van der Waals surface area (Å²) in [6, 6.07) is 0. The molecule has 1 N–H and O–H groups in total. The van der Waals surface area contributed by atoms with Gasteiger partial charge in [-0.2, -0.15) is 0 Å². The van der Waals surface area contributed by atoms with Crippen LogP contribution < -0.4 is 5.32 Å². The second-order valence-electron chi connectivity index (χ2n) is 4.86. The van der Waals surface area contributed by atoms with Crippen LogP contribution in [-0.4, -0.2) is 11.5 Å². The van der Waals surface area contributed by atoms with E-state index in [0.29, 0.717) is 5.92 Å². The molecular weight excluding hydrogens is 292 g/mol. The zero-order valence-electron chi connectivity index (χ0n) is 10.5. The van der Waals surface area contributed by atoms with Crippen LogP contribution in [0.5, 0.6) is 0 Å². The average Bonchev–Trinajstić information content (AvgIpc) is 2.82. The van der Waals surface area contributed by atoms with E-state index >= 15 is 0 Å². The molecule has 0 amide bonds. The van der Waals surface area contributed by atoms with Crippen molar-refractivity contribution in [1.29, 1.82) is 0 Å². The first-order chi connectivity index (χ1) is 8.78. The molecule has 0 saturated carbocycles. The van der Waals surface area contributed by atoms with Crippen LogP contribution in [-0.2, 0) is 13.0 Å². The molecule has 1 unspecified atom stereocenters. The molecule has 0 spiro atoms. The number of nitrogens with one attached hydrogen (secondary N) is 1. The summed E-state index contributed by atoms with van der Waals surface area (Å²) in [6.07, 6.45) is 7.37. The molecule has 0 radical (unpaired) electrons. The molecule has 2 heterocycles. The Morgan fingerprint density at radius 2 is 2.39 bits per heavy atom. The van der Waals surface area contributed by atoms with Gasteiger partial charge in [-0.15, -0.1) is 0 Å². The Bertz CT molecular complexity index is 492. The number of aromatic nitrogens is 1. The van der Waals surface area contributed by atoms with E-state index < -0.39 is 0 Å². The highest BCUT2D eigenvalue weighted by Gasteiger charge is 2.24. The highest BCUT2D eigenvalue weighted by molar-refractivity contribution is 9.11. The Hall–Kier alpha value is -0.870. The van der Waals surface area contributed by atoms with Gasteiger partial charge in [-0.3, -0.25) is 0 Å². The van der Waals surface area contributed by atoms with Crippen LogP contribution >= 0.6 is 15.9 Å². The van der Waals surface area contributed by atoms with Gasteiger partial charge in [-0.1, -0.05) is 35.0 Å². The third-order valence-corrected chi connectivity index (χ3v) is 4.25. The van der Waals surface area contributed by atoms with E-state index in [4.69, 9.17) is 4.42 Å². The van der Waals surface area contributed by atoms with Crippen molar-refractivity contribution in [2.75, 3.05) is 6.54 Å². The van der Waals surface area contributed by atoms with Crippen LogP contribution in [0.25, 0.3) is 5.57 Å². The van der Waals surface area contributed by atoms with Gasteiger partial charge in [0, 0.05) is 25.1 Å². The summed E-state index contributed by atoms with van der Waals surface area (Å²) >= 11 is 3.58. The molecular formula is C14H17BrN2O. The third-order valence-electron chi connectivity index (χ3n) is 3.66. The van der Waals surface area contributed by atoms with Gasteiger partial charge in [-0.05, 0) is 23.2 Å². The lowest BCUT2D eigenvalue weighted by Gasteiger charge is -2.19. The quantitative estimate of drug-likeness (QED) is 0.910. The van der Waals surface area contributed by atoms with Crippen molar-refractivity contribution < 1.29 is 4.42 Å². The van der Waals surface area contributed by atoms with Gasteiger partial charge in [0.1, 0.15) is 5.76 Å². The Kier molecular flexibility index (Phi) is 3.39. The van der Waals surface area contributed by atoms with Crippen molar-refractivity contribution in [2.45, 2.75) is 32.7 Å². The van der Waals surface area contributed by atoms with E-state index in [1.165, 1.54) is 10.1 Å². The molecule has 0 saturated heterocycles. The predicted molar refractivity (Wildman–Crippen MR) is 75.3 cm³/mol. The fraction of sp³-hybridized carbons (Fsp3) is 0.500. The Labute approximate surface area is 115 Å². The topological polar surface area (TPSA) is 38.1 Å². The van der Waals surface area contributed by atoms with Crippen molar-refractivity contribution in [3.63, 3.8) is 0 Å². The van der Waals surface area contributed by atoms with E-state index in [-0.39, 0.29) is 0 Å². The molecule has 3 nitrogen and oxygen atoms in total. The Balaban J connectivity index is 1.96. The van der Waals surface area contributed by atoms with E-state index in [9.17, 15) is 0 Å². The fourth-order valence-corrected chi connectivity index (χ4v) is 3.11. The summed E-state index contributed by atoms with van der Waals surface area (Å²) in [7, 11) is 0. The zero-order valence-corrected chi connectivity index (χ0v) is 12.1. The Morgan fingerprint density at radius 3 is 3.17 bits per heavy atom. The molecule has 1 aromatic rings. The monoisotopic (exact) mass is 308 g/mol. The number of hydrogen-bond donors (Lipinski definition) is 1. The first kappa shape index (κ1) is 12.2. The van der Waals surface area contributed by atoms with E-state index in [0.717, 1.165) is 49.7 Å². The first-order valence-corrected chi connectivity index (χ1v) is 7.33. The molecule has 0 fully saturated rings. The molecule has 1 aliphatic heterocycles. The maximum Gasteiger partial charge on any atom is 0.222 e. The van der Waals surface area contributed by atoms with Gasteiger partial charge in [0.25, 0.3) is 0 Å². The minimum absolute atomic E-state index is 0.512. The van der Waals surface area contributed by atoms with E-state index in [1.807, 2.05) is 0 Å². The minimum Gasteiger partial charge on any atom is -0.441 e. The second-order valence-corrected chi connectivity index (χ2v) is 5.88. The number of rotatable bonds is 2. The minimum atomic E-state index is 0.512. The van der Waals surface area contributed by atoms with Crippen LogP contribution in [0, 0.1) is 5.92 Å². The summed E-state index contributed by atoms with van der Waals surface area (Å²) in [4.78, 5) is 4.66. The largest absolute Gasteiger partial charge is 0.441 e. The van der Waals surface area contributed by atoms with Crippen molar-refractivity contribution in [3.05, 3.63) is 34.0 Å². The van der Waals surface area contributed by atoms with Crippen LogP contribution in [0.15, 0.2) is 21.1 Å². The lowest BCUT2D eigenvalue weighted by molar-refractivity contribution is 0.457. The molecule has 3 rings (SSSR count). The lowest BCUT2D eigenvalue weighted by Crippen LogP contribution is -2.22. The van der Waals surface area contributed by atoms with Gasteiger partial charge in [0.15, 0.2) is 0 Å². The summed E-state index contributed by atoms with van der Waals surface area (Å²) in [5.74, 6) is 2.40. The van der Waals surface area contributed by atoms with Gasteiger partial charge >= 0.3 is 0 Å². The number of allylic oxidation sites excluding steroid dienone is 4. The van der Waals surface area contributed by atoms with Crippen LogP contribution in [0.4, 0.5) is 0 Å². The third kappa shape index (κ3) is 2.19. The molecule has 4 heteroatoms. The summed E-state index contributed by atoms with van der Waals surface area (Å²) in [5.41, 5.74) is 2.33. The van der Waals surface area contributed by atoms with Crippen molar-refractivity contribution >= 4 is 21.5 Å². The molecule has 0 bridgehead atoms. The van der Waals surface area contributed by atoms with Crippen LogP contribution in [0.3, 0.4) is 0 Å². The number of nitrogens with zero attached hydrogens (tertiary/aromatic N) is 1. The van der Waals surface area contributed by atoms with Gasteiger partial charge in [0.2, 0.25) is 5.89 Å². The molecule has 18 heavy (non-hydrogen) atoms. The van der Waals surface area contributed by atoms with Crippen molar-refractivity contribution in [1.82, 2.24) is 10.3 Å². The van der Waals surface area contributed by atoms with Gasteiger partial charge < -0.3 is 9.73 Å². The van der Waals surface area contributed by atoms with Gasteiger partial charge in [-0.25, -0.2) is 4.98 Å². The average molecular weight is 309 g/mol. The number of fused-ring (bicyclic) bond motifs is 1. The Morgan fingerprint density at radius 1 is 1.50 bits per heavy atom. The number of halogens is 1. The molecule has 1 aromatic heterocycles. The lowest BCUT2D eigenvalue weighted by atomic mass is 9.89. The maximum absolute atomic E-state index is 5.95. The first-order valence-electron chi connectivity index (χ1n) is 6.54. The van der Waals surface area contributed by atoms with Crippen molar-refractivity contribution in [3.8, 4) is 0 Å². The standard InChI is InChI=1S/C14H17BrN2O/c1-2-9-7-10(15)3-4-11(9)14-17-12-8-16-6-5-13(12)18-14/h3-4,9,16H,2,5-8H2,1H3. The van der Waals surface area contributed by atoms with Gasteiger partial charge in [0.05, 0.1) is 5.69 Å². The molecule has 2 aliphatic rings. The highest BCUT2D eigenvalue weighted by atomic mass is 79.9. The molecule has 1 aliphatic carbocycles.